The summed E-state index contributed by atoms with van der Waals surface area (Å²) in [5.41, 5.74) is -0.324. The monoisotopic (exact) mass is 408 g/mol. The SMILES string of the molecule is COC(=O)c1cc(-c2cccc(C(F)(F)F)c2)ccc1NC(=O)C1CC1[N+](=O)[O-]. The molecule has 0 heterocycles. The smallest absolute Gasteiger partial charge is 0.416 e. The third-order valence-electron chi connectivity index (χ3n) is 4.57. The summed E-state index contributed by atoms with van der Waals surface area (Å²) >= 11 is 0. The van der Waals surface area contributed by atoms with Crippen LogP contribution in [0.5, 0.6) is 0 Å². The van der Waals surface area contributed by atoms with E-state index in [9.17, 15) is 32.9 Å². The second kappa shape index (κ2) is 7.53. The lowest BCUT2D eigenvalue weighted by molar-refractivity contribution is -0.497. The first-order valence-electron chi connectivity index (χ1n) is 8.46. The van der Waals surface area contributed by atoms with Crippen LogP contribution in [0.25, 0.3) is 11.1 Å². The van der Waals surface area contributed by atoms with Gasteiger partial charge in [-0.25, -0.2) is 4.79 Å². The summed E-state index contributed by atoms with van der Waals surface area (Å²) in [6.45, 7) is 0. The Morgan fingerprint density at radius 3 is 2.45 bits per heavy atom. The van der Waals surface area contributed by atoms with Crippen LogP contribution in [0.15, 0.2) is 42.5 Å². The second-order valence-electron chi connectivity index (χ2n) is 6.51. The fourth-order valence-corrected chi connectivity index (χ4v) is 2.91. The van der Waals surface area contributed by atoms with E-state index in [2.05, 4.69) is 10.1 Å². The molecule has 0 saturated heterocycles. The van der Waals surface area contributed by atoms with Crippen LogP contribution in [0.1, 0.15) is 22.3 Å². The fourth-order valence-electron chi connectivity index (χ4n) is 2.91. The maximum Gasteiger partial charge on any atom is 0.416 e. The van der Waals surface area contributed by atoms with Crippen LogP contribution < -0.4 is 5.32 Å². The number of ether oxygens (including phenoxy) is 1. The van der Waals surface area contributed by atoms with E-state index in [1.165, 1.54) is 30.3 Å². The zero-order valence-electron chi connectivity index (χ0n) is 15.0. The standard InChI is InChI=1S/C19H15F3N2O5/c1-29-18(26)13-8-11(10-3-2-4-12(7-10)19(20,21)22)5-6-15(13)23-17(25)14-9-16(14)24(27)28/h2-8,14,16H,9H2,1H3,(H,23,25). The minimum absolute atomic E-state index is 0.0616. The lowest BCUT2D eigenvalue weighted by atomic mass is 9.99. The highest BCUT2D eigenvalue weighted by Gasteiger charge is 2.53. The Labute approximate surface area is 162 Å². The van der Waals surface area contributed by atoms with Gasteiger partial charge in [0.1, 0.15) is 5.92 Å². The van der Waals surface area contributed by atoms with Gasteiger partial charge >= 0.3 is 12.1 Å². The molecule has 1 aliphatic carbocycles. The van der Waals surface area contributed by atoms with Crippen molar-refractivity contribution in [1.29, 1.82) is 0 Å². The number of carbonyl (C=O) groups is 2. The topological polar surface area (TPSA) is 98.5 Å². The predicted molar refractivity (Wildman–Crippen MR) is 95.7 cm³/mol. The van der Waals surface area contributed by atoms with Gasteiger partial charge in [-0.3, -0.25) is 14.9 Å². The lowest BCUT2D eigenvalue weighted by Crippen LogP contribution is -2.20. The first-order valence-corrected chi connectivity index (χ1v) is 8.46. The quantitative estimate of drug-likeness (QED) is 0.461. The van der Waals surface area contributed by atoms with E-state index in [1.54, 1.807) is 0 Å². The number of halogens is 3. The molecule has 1 N–H and O–H groups in total. The molecule has 2 aromatic rings. The van der Waals surface area contributed by atoms with Crippen LogP contribution in [0.3, 0.4) is 0 Å². The van der Waals surface area contributed by atoms with Crippen molar-refractivity contribution in [1.82, 2.24) is 0 Å². The van der Waals surface area contributed by atoms with Crippen LogP contribution >= 0.6 is 0 Å². The number of nitro groups is 1. The molecule has 0 spiro atoms. The Morgan fingerprint density at radius 1 is 1.17 bits per heavy atom. The molecule has 29 heavy (non-hydrogen) atoms. The average Bonchev–Trinajstić information content (AvgIpc) is 3.48. The average molecular weight is 408 g/mol. The molecule has 10 heteroatoms. The molecule has 2 unspecified atom stereocenters. The van der Waals surface area contributed by atoms with Crippen LogP contribution in [0.4, 0.5) is 18.9 Å². The molecule has 0 radical (unpaired) electrons. The lowest BCUT2D eigenvalue weighted by Gasteiger charge is -2.13. The van der Waals surface area contributed by atoms with Crippen LogP contribution in [0, 0.1) is 16.0 Å². The van der Waals surface area contributed by atoms with Gasteiger partial charge in [-0.1, -0.05) is 18.2 Å². The van der Waals surface area contributed by atoms with Crippen molar-refractivity contribution in [2.75, 3.05) is 12.4 Å². The normalized spacial score (nSPS) is 18.1. The molecule has 152 valence electrons. The number of carbonyl (C=O) groups excluding carboxylic acids is 2. The number of rotatable bonds is 5. The number of nitrogens with one attached hydrogen (secondary N) is 1. The van der Waals surface area contributed by atoms with Gasteiger partial charge in [-0.15, -0.1) is 0 Å². The van der Waals surface area contributed by atoms with Crippen molar-refractivity contribution < 1.29 is 32.4 Å². The molecule has 0 aromatic heterocycles. The van der Waals surface area contributed by atoms with Crippen molar-refractivity contribution in [3.05, 3.63) is 63.7 Å². The van der Waals surface area contributed by atoms with Gasteiger partial charge in [0.2, 0.25) is 11.9 Å². The summed E-state index contributed by atoms with van der Waals surface area (Å²) < 4.78 is 43.5. The summed E-state index contributed by atoms with van der Waals surface area (Å²) in [5.74, 6) is -2.21. The Bertz CT molecular complexity index is 990. The molecule has 1 aliphatic rings. The van der Waals surface area contributed by atoms with E-state index in [4.69, 9.17) is 0 Å². The highest BCUT2D eigenvalue weighted by Crippen LogP contribution is 2.36. The van der Waals surface area contributed by atoms with Crippen molar-refractivity contribution in [2.24, 2.45) is 5.92 Å². The Hall–Kier alpha value is -3.43. The van der Waals surface area contributed by atoms with Gasteiger partial charge in [-0.05, 0) is 35.4 Å². The Kier molecular flexibility index (Phi) is 5.27. The fraction of sp³-hybridized carbons (Fsp3) is 0.263. The molecule has 7 nitrogen and oxygen atoms in total. The molecule has 1 fully saturated rings. The number of anilines is 1. The molecule has 1 saturated carbocycles. The van der Waals surface area contributed by atoms with Crippen molar-refractivity contribution in [3.8, 4) is 11.1 Å². The van der Waals surface area contributed by atoms with Crippen molar-refractivity contribution in [3.63, 3.8) is 0 Å². The van der Waals surface area contributed by atoms with E-state index < -0.39 is 40.5 Å². The van der Waals surface area contributed by atoms with E-state index in [0.29, 0.717) is 5.56 Å². The van der Waals surface area contributed by atoms with Gasteiger partial charge in [-0.2, -0.15) is 13.2 Å². The van der Waals surface area contributed by atoms with Gasteiger partial charge in [0.05, 0.1) is 23.9 Å². The highest BCUT2D eigenvalue weighted by atomic mass is 19.4. The molecule has 2 atom stereocenters. The molecule has 3 rings (SSSR count). The molecular formula is C19H15F3N2O5. The minimum Gasteiger partial charge on any atom is -0.465 e. The van der Waals surface area contributed by atoms with Gasteiger partial charge in [0.15, 0.2) is 0 Å². The van der Waals surface area contributed by atoms with Crippen LogP contribution in [-0.4, -0.2) is 30.0 Å². The van der Waals surface area contributed by atoms with Gasteiger partial charge < -0.3 is 10.1 Å². The zero-order chi connectivity index (χ0) is 21.3. The number of methoxy groups -OCH3 is 1. The summed E-state index contributed by atoms with van der Waals surface area (Å²) in [6, 6.07) is 7.71. The predicted octanol–water partition coefficient (Wildman–Crippen LogP) is 3.76. The third-order valence-corrected chi connectivity index (χ3v) is 4.57. The van der Waals surface area contributed by atoms with E-state index in [-0.39, 0.29) is 23.2 Å². The van der Waals surface area contributed by atoms with E-state index in [1.807, 2.05) is 0 Å². The second-order valence-corrected chi connectivity index (χ2v) is 6.51. The number of benzene rings is 2. The maximum atomic E-state index is 13.0. The number of alkyl halides is 3. The zero-order valence-corrected chi connectivity index (χ0v) is 15.0. The Morgan fingerprint density at radius 2 is 1.86 bits per heavy atom. The molecule has 2 aromatic carbocycles. The number of hydrogen-bond acceptors (Lipinski definition) is 5. The van der Waals surface area contributed by atoms with E-state index >= 15 is 0 Å². The Balaban J connectivity index is 1.92. The molecule has 1 amide bonds. The first-order chi connectivity index (χ1) is 13.6. The summed E-state index contributed by atoms with van der Waals surface area (Å²) in [6.07, 6.45) is -4.42. The maximum absolute atomic E-state index is 13.0. The summed E-state index contributed by atoms with van der Waals surface area (Å²) in [7, 11) is 1.12. The minimum atomic E-state index is -4.52. The van der Waals surface area contributed by atoms with E-state index in [0.717, 1.165) is 19.2 Å². The van der Waals surface area contributed by atoms with Crippen molar-refractivity contribution >= 4 is 17.6 Å². The largest absolute Gasteiger partial charge is 0.465 e. The molecule has 0 bridgehead atoms. The molecule has 0 aliphatic heterocycles. The van der Waals surface area contributed by atoms with Crippen LogP contribution in [0.2, 0.25) is 0 Å². The highest BCUT2D eigenvalue weighted by molar-refractivity contribution is 6.03. The van der Waals surface area contributed by atoms with Gasteiger partial charge in [0.25, 0.3) is 0 Å². The summed E-state index contributed by atoms with van der Waals surface area (Å²) in [5, 5.41) is 13.2. The first kappa shape index (κ1) is 20.3. The number of esters is 1. The summed E-state index contributed by atoms with van der Waals surface area (Å²) in [4.78, 5) is 34.5. The van der Waals surface area contributed by atoms with Crippen LogP contribution in [-0.2, 0) is 15.7 Å². The molecular weight excluding hydrogens is 393 g/mol. The number of amides is 1. The number of nitrogens with zero attached hydrogens (tertiary/aromatic N) is 1. The number of hydrogen-bond donors (Lipinski definition) is 1. The van der Waals surface area contributed by atoms with Crippen molar-refractivity contribution in [2.45, 2.75) is 18.6 Å². The third kappa shape index (κ3) is 4.36. The van der Waals surface area contributed by atoms with Gasteiger partial charge in [0, 0.05) is 11.3 Å².